The van der Waals surface area contributed by atoms with Crippen LogP contribution in [0.2, 0.25) is 0 Å². The van der Waals surface area contributed by atoms with Gasteiger partial charge in [-0.3, -0.25) is 19.4 Å². The van der Waals surface area contributed by atoms with E-state index in [0.29, 0.717) is 12.8 Å². The fourth-order valence-corrected chi connectivity index (χ4v) is 7.53. The van der Waals surface area contributed by atoms with Crippen molar-refractivity contribution in [3.8, 4) is 33.6 Å². The molecule has 2 aromatic heterocycles. The molecule has 2 aliphatic heterocycles. The van der Waals surface area contributed by atoms with Gasteiger partial charge in [-0.2, -0.15) is 0 Å². The van der Waals surface area contributed by atoms with E-state index in [4.69, 9.17) is 20.2 Å². The molecular weight excluding hydrogens is 604 g/mol. The largest absolute Gasteiger partial charge is 0.389 e. The molecule has 4 heterocycles. The number of ketones is 2. The maximum Gasteiger partial charge on any atom is 0.158 e. The second-order valence-corrected chi connectivity index (χ2v) is 13.8. The van der Waals surface area contributed by atoms with E-state index in [9.17, 15) is 9.59 Å². The molecule has 4 aromatic rings. The maximum absolute atomic E-state index is 11.7. The Balaban J connectivity index is 1.07. The minimum Gasteiger partial charge on any atom is -0.389 e. The molecule has 0 bridgehead atoms. The highest BCUT2D eigenvalue weighted by Gasteiger charge is 2.31. The number of carbonyl (C=O) groups excluding carboxylic acids is 2. The number of aromatic nitrogens is 4. The van der Waals surface area contributed by atoms with Crippen LogP contribution in [-0.2, 0) is 9.59 Å². The van der Waals surface area contributed by atoms with Crippen molar-refractivity contribution >= 4 is 11.6 Å². The first-order valence-corrected chi connectivity index (χ1v) is 17.4. The van der Waals surface area contributed by atoms with Gasteiger partial charge in [0.2, 0.25) is 0 Å². The molecule has 2 aromatic carbocycles. The first kappa shape index (κ1) is 33.9. The van der Waals surface area contributed by atoms with Crippen molar-refractivity contribution in [2.24, 2.45) is 11.8 Å². The number of aliphatic hydroxyl groups excluding tert-OH is 2. The fraction of sp³-hybridized carbons (Fsp3) is 0.474. The van der Waals surface area contributed by atoms with E-state index in [1.165, 1.54) is 0 Å². The molecule has 2 aliphatic rings. The summed E-state index contributed by atoms with van der Waals surface area (Å²) in [4.78, 5) is 44.8. The van der Waals surface area contributed by atoms with Crippen LogP contribution in [0.5, 0.6) is 0 Å². The van der Waals surface area contributed by atoms with E-state index in [2.05, 4.69) is 82.1 Å². The van der Waals surface area contributed by atoms with Crippen LogP contribution in [0.15, 0.2) is 60.9 Å². The average Bonchev–Trinajstić information content (AvgIpc) is 3.92. The SMILES string of the molecule is CC(CC(=O)CO)CN1CCC[C@H]1c1ncc(-c2ccc(-c3ccc(-c4cnc([C@@H]5CCCN5CC(C)CC(=O)CO)[nH]4)cc3)cc2)[nH]1. The minimum atomic E-state index is -0.383. The van der Waals surface area contributed by atoms with Crippen molar-refractivity contribution in [1.29, 1.82) is 0 Å². The minimum absolute atomic E-state index is 0.102. The number of likely N-dealkylation sites (tertiary alicyclic amines) is 2. The van der Waals surface area contributed by atoms with Crippen LogP contribution >= 0.6 is 0 Å². The summed E-state index contributed by atoms with van der Waals surface area (Å²) in [5, 5.41) is 18.2. The van der Waals surface area contributed by atoms with Gasteiger partial charge >= 0.3 is 0 Å². The molecule has 4 N–H and O–H groups in total. The molecule has 254 valence electrons. The van der Waals surface area contributed by atoms with Gasteiger partial charge in [-0.15, -0.1) is 0 Å². The zero-order chi connectivity index (χ0) is 33.6. The first-order valence-electron chi connectivity index (χ1n) is 17.4. The Bertz CT molecular complexity index is 1540. The predicted molar refractivity (Wildman–Crippen MR) is 186 cm³/mol. The van der Waals surface area contributed by atoms with E-state index in [-0.39, 0.29) is 48.7 Å². The number of H-pyrrole nitrogens is 2. The summed E-state index contributed by atoms with van der Waals surface area (Å²) in [6.07, 6.45) is 8.91. The Labute approximate surface area is 282 Å². The highest BCUT2D eigenvalue weighted by atomic mass is 16.3. The predicted octanol–water partition coefficient (Wildman–Crippen LogP) is 5.58. The van der Waals surface area contributed by atoms with Gasteiger partial charge in [0.1, 0.15) is 24.9 Å². The Morgan fingerprint density at radius 2 is 1.06 bits per heavy atom. The van der Waals surface area contributed by atoms with Gasteiger partial charge in [-0.05, 0) is 72.9 Å². The third kappa shape index (κ3) is 8.01. The van der Waals surface area contributed by atoms with Crippen LogP contribution in [-0.4, -0.2) is 90.9 Å². The van der Waals surface area contributed by atoms with E-state index in [0.717, 1.165) is 97.2 Å². The van der Waals surface area contributed by atoms with Crippen molar-refractivity contribution in [3.63, 3.8) is 0 Å². The third-order valence-electron chi connectivity index (χ3n) is 9.87. The van der Waals surface area contributed by atoms with Crippen molar-refractivity contribution < 1.29 is 19.8 Å². The Morgan fingerprint density at radius 3 is 1.44 bits per heavy atom. The monoisotopic (exact) mass is 652 g/mol. The normalized spacial score (nSPS) is 19.9. The maximum atomic E-state index is 11.7. The number of hydrogen-bond donors (Lipinski definition) is 4. The van der Waals surface area contributed by atoms with E-state index >= 15 is 0 Å². The van der Waals surface area contributed by atoms with Crippen molar-refractivity contribution in [2.75, 3.05) is 39.4 Å². The summed E-state index contributed by atoms with van der Waals surface area (Å²) >= 11 is 0. The molecule has 2 saturated heterocycles. The van der Waals surface area contributed by atoms with E-state index in [1.54, 1.807) is 0 Å². The van der Waals surface area contributed by atoms with Crippen molar-refractivity contribution in [2.45, 2.75) is 64.5 Å². The zero-order valence-corrected chi connectivity index (χ0v) is 28.1. The number of rotatable bonds is 15. The summed E-state index contributed by atoms with van der Waals surface area (Å²) in [5.41, 5.74) is 6.43. The third-order valence-corrected chi connectivity index (χ3v) is 9.87. The van der Waals surface area contributed by atoms with Gasteiger partial charge < -0.3 is 20.2 Å². The number of carbonyl (C=O) groups is 2. The number of aromatic amines is 2. The van der Waals surface area contributed by atoms with Crippen LogP contribution in [0.25, 0.3) is 33.6 Å². The zero-order valence-electron chi connectivity index (χ0n) is 28.1. The van der Waals surface area contributed by atoms with Crippen molar-refractivity contribution in [3.05, 3.63) is 72.6 Å². The summed E-state index contributed by atoms with van der Waals surface area (Å²) in [7, 11) is 0. The van der Waals surface area contributed by atoms with E-state index in [1.807, 2.05) is 12.4 Å². The van der Waals surface area contributed by atoms with Crippen LogP contribution in [0, 0.1) is 11.8 Å². The fourth-order valence-electron chi connectivity index (χ4n) is 7.53. The summed E-state index contributed by atoms with van der Waals surface area (Å²) in [6, 6.07) is 17.5. The lowest BCUT2D eigenvalue weighted by molar-refractivity contribution is -0.123. The highest BCUT2D eigenvalue weighted by Crippen LogP contribution is 2.34. The quantitative estimate of drug-likeness (QED) is 0.131. The number of imidazole rings is 2. The summed E-state index contributed by atoms with van der Waals surface area (Å²) < 4.78 is 0. The number of nitrogens with one attached hydrogen (secondary N) is 2. The van der Waals surface area contributed by atoms with E-state index < -0.39 is 0 Å². The number of hydrogen-bond acceptors (Lipinski definition) is 8. The lowest BCUT2D eigenvalue weighted by Gasteiger charge is -2.25. The second kappa shape index (κ2) is 15.5. The van der Waals surface area contributed by atoms with Gasteiger partial charge in [0.15, 0.2) is 11.6 Å². The van der Waals surface area contributed by atoms with Crippen molar-refractivity contribution in [1.82, 2.24) is 29.7 Å². The van der Waals surface area contributed by atoms with Gasteiger partial charge in [0.05, 0.1) is 35.9 Å². The van der Waals surface area contributed by atoms with Gasteiger partial charge in [-0.1, -0.05) is 62.4 Å². The Morgan fingerprint density at radius 1 is 0.688 bits per heavy atom. The molecule has 0 aliphatic carbocycles. The first-order chi connectivity index (χ1) is 23.3. The molecular formula is C38H48N6O4. The molecule has 4 atom stereocenters. The average molecular weight is 653 g/mol. The Hall–Kier alpha value is -3.96. The van der Waals surface area contributed by atoms with Gasteiger partial charge in [-0.25, -0.2) is 9.97 Å². The number of aliphatic hydroxyl groups is 2. The van der Waals surface area contributed by atoms with Crippen LogP contribution in [0.1, 0.15) is 76.1 Å². The second-order valence-electron chi connectivity index (χ2n) is 13.8. The molecule has 10 heteroatoms. The lowest BCUT2D eigenvalue weighted by Crippen LogP contribution is -2.30. The molecule has 10 nitrogen and oxygen atoms in total. The molecule has 2 fully saturated rings. The molecule has 0 saturated carbocycles. The summed E-state index contributed by atoms with van der Waals surface area (Å²) in [5.74, 6) is 2.12. The van der Waals surface area contributed by atoms with Crippen LogP contribution < -0.4 is 0 Å². The number of Topliss-reactive ketones (excluding diaryl/α,β-unsaturated/α-hetero) is 2. The molecule has 0 amide bonds. The highest BCUT2D eigenvalue weighted by molar-refractivity contribution is 5.80. The number of nitrogens with zero attached hydrogens (tertiary/aromatic N) is 4. The smallest absolute Gasteiger partial charge is 0.158 e. The summed E-state index contributed by atoms with van der Waals surface area (Å²) in [6.45, 7) is 6.98. The topological polar surface area (TPSA) is 138 Å². The lowest BCUT2D eigenvalue weighted by atomic mass is 10.0. The standard InChI is InChI=1S/C38H48N6O4/c1-25(17-31(47)23-45)21-43-15-3-5-35(43)37-39-19-33(41-37)29-11-7-27(8-12-29)28-9-13-30(14-10-28)34-20-40-38(42-34)36-6-4-16-44(36)22-26(2)18-32(48)24-46/h7-14,19-20,25-26,35-36,45-46H,3-6,15-18,21-24H2,1-2H3,(H,39,41)(H,40,42)/t25?,26?,35-,36-/m0/s1. The molecule has 48 heavy (non-hydrogen) atoms. The number of benzene rings is 2. The van der Waals surface area contributed by atoms with Crippen LogP contribution in [0.4, 0.5) is 0 Å². The van der Waals surface area contributed by atoms with Gasteiger partial charge in [0.25, 0.3) is 0 Å². The molecule has 6 rings (SSSR count). The molecule has 0 spiro atoms. The molecule has 0 radical (unpaired) electrons. The molecule has 2 unspecified atom stereocenters. The Kier molecular flexibility index (Phi) is 11.0. The van der Waals surface area contributed by atoms with Gasteiger partial charge in [0, 0.05) is 25.9 Å². The van der Waals surface area contributed by atoms with Crippen LogP contribution in [0.3, 0.4) is 0 Å².